The second-order valence-corrected chi connectivity index (χ2v) is 3.63. The predicted octanol–water partition coefficient (Wildman–Crippen LogP) is 0.457. The van der Waals surface area contributed by atoms with Crippen LogP contribution in [-0.4, -0.2) is 24.6 Å². The van der Waals surface area contributed by atoms with Crippen LogP contribution in [0, 0.1) is 0 Å². The molecular weight excluding hydrogens is 190 g/mol. The minimum atomic E-state index is 0.845. The van der Waals surface area contributed by atoms with Crippen molar-refractivity contribution in [2.75, 3.05) is 19.6 Å². The minimum absolute atomic E-state index is 0.845. The molecule has 0 fully saturated rings. The topological polar surface area (TPSA) is 51.4 Å². The van der Waals surface area contributed by atoms with Crippen LogP contribution in [0.25, 0.3) is 0 Å². The quantitative estimate of drug-likeness (QED) is 0.366. The maximum atomic E-state index is 3.43. The van der Waals surface area contributed by atoms with Gasteiger partial charge in [-0.05, 0) is 18.9 Å². The monoisotopic (exact) mass is 213 g/mol. The smallest absolute Gasteiger partial charge is 0.129 e. The van der Waals surface area contributed by atoms with E-state index in [1.165, 1.54) is 12.8 Å². The maximum Gasteiger partial charge on any atom is 0.129 e. The molecule has 0 aromatic carbocycles. The van der Waals surface area contributed by atoms with Gasteiger partial charge in [0.1, 0.15) is 5.82 Å². The lowest BCUT2D eigenvalue weighted by molar-refractivity contribution is 0.207. The van der Waals surface area contributed by atoms with Gasteiger partial charge in [-0.15, -0.1) is 0 Å². The second kappa shape index (κ2) is 7.50. The van der Waals surface area contributed by atoms with Crippen LogP contribution in [0.4, 0.5) is 0 Å². The van der Waals surface area contributed by atoms with E-state index in [9.17, 15) is 0 Å². The summed E-state index contributed by atoms with van der Waals surface area (Å²) in [5, 5.41) is 2.17. The minimum Gasteiger partial charge on any atom is -0.293 e. The first-order valence-corrected chi connectivity index (χ1v) is 5.83. The molecule has 1 aliphatic rings. The lowest BCUT2D eigenvalue weighted by Crippen LogP contribution is -2.53. The molecule has 0 spiro atoms. The molecule has 0 amide bonds. The molecule has 0 radical (unpaired) electrons. The third kappa shape index (κ3) is 4.51. The Kier molecular flexibility index (Phi) is 6.15. The largest absolute Gasteiger partial charge is 0.293 e. The van der Waals surface area contributed by atoms with Gasteiger partial charge >= 0.3 is 0 Å². The molecule has 0 saturated carbocycles. The van der Waals surface area contributed by atoms with Crippen molar-refractivity contribution in [2.45, 2.75) is 33.1 Å². The average molecular weight is 213 g/mol. The highest BCUT2D eigenvalue weighted by molar-refractivity contribution is 4.99. The van der Waals surface area contributed by atoms with E-state index >= 15 is 0 Å². The SMILES string of the molecule is CCCCNN(CCC)C1=CCNNN1. The van der Waals surface area contributed by atoms with Crippen molar-refractivity contribution in [3.63, 3.8) is 0 Å². The van der Waals surface area contributed by atoms with E-state index in [0.717, 1.165) is 31.9 Å². The van der Waals surface area contributed by atoms with Gasteiger partial charge < -0.3 is 0 Å². The van der Waals surface area contributed by atoms with Crippen LogP contribution in [0.5, 0.6) is 0 Å². The average Bonchev–Trinajstić information content (AvgIpc) is 2.29. The molecular formula is C10H23N5. The van der Waals surface area contributed by atoms with Crippen LogP contribution >= 0.6 is 0 Å². The van der Waals surface area contributed by atoms with Crippen molar-refractivity contribution in [1.82, 2.24) is 26.8 Å². The number of hydrogen-bond acceptors (Lipinski definition) is 5. The summed E-state index contributed by atoms with van der Waals surface area (Å²) in [6.45, 7) is 7.28. The number of hydrogen-bond donors (Lipinski definition) is 4. The van der Waals surface area contributed by atoms with Crippen molar-refractivity contribution in [1.29, 1.82) is 0 Å². The number of unbranched alkanes of at least 4 members (excludes halogenated alkanes) is 1. The summed E-state index contributed by atoms with van der Waals surface area (Å²) in [4.78, 5) is 0. The Morgan fingerprint density at radius 3 is 2.87 bits per heavy atom. The van der Waals surface area contributed by atoms with Gasteiger partial charge in [0.25, 0.3) is 0 Å². The van der Waals surface area contributed by atoms with E-state index < -0.39 is 0 Å². The van der Waals surface area contributed by atoms with Gasteiger partial charge in [0.05, 0.1) is 0 Å². The van der Waals surface area contributed by atoms with Crippen LogP contribution in [0.1, 0.15) is 33.1 Å². The van der Waals surface area contributed by atoms with Gasteiger partial charge in [-0.25, -0.2) is 10.9 Å². The number of nitrogens with zero attached hydrogens (tertiary/aromatic N) is 1. The standard InChI is InChI=1S/C10H23N5/c1-3-5-7-12-15(9-4-2)10-6-8-11-14-13-10/h6,11-14H,3-5,7-9H2,1-2H3. The highest BCUT2D eigenvalue weighted by atomic mass is 15.7. The summed E-state index contributed by atoms with van der Waals surface area (Å²) in [5.74, 6) is 1.10. The van der Waals surface area contributed by atoms with Crippen molar-refractivity contribution < 1.29 is 0 Å². The van der Waals surface area contributed by atoms with E-state index in [0.29, 0.717) is 0 Å². The van der Waals surface area contributed by atoms with E-state index in [1.54, 1.807) is 0 Å². The van der Waals surface area contributed by atoms with E-state index in [1.807, 2.05) is 0 Å². The fraction of sp³-hybridized carbons (Fsp3) is 0.800. The molecule has 1 aliphatic heterocycles. The number of nitrogens with one attached hydrogen (secondary N) is 4. The normalized spacial score (nSPS) is 15.7. The zero-order valence-corrected chi connectivity index (χ0v) is 9.77. The summed E-state index contributed by atoms with van der Waals surface area (Å²) in [7, 11) is 0. The Labute approximate surface area is 92.2 Å². The Bertz CT molecular complexity index is 192. The van der Waals surface area contributed by atoms with Gasteiger partial charge in [0.15, 0.2) is 0 Å². The fourth-order valence-corrected chi connectivity index (χ4v) is 1.43. The third-order valence-electron chi connectivity index (χ3n) is 2.25. The summed E-state index contributed by atoms with van der Waals surface area (Å²) in [5.41, 5.74) is 12.4. The lowest BCUT2D eigenvalue weighted by Gasteiger charge is -2.30. The van der Waals surface area contributed by atoms with E-state index in [2.05, 4.69) is 46.7 Å². The molecule has 0 atom stereocenters. The zero-order chi connectivity index (χ0) is 10.9. The molecule has 0 aromatic heterocycles. The Morgan fingerprint density at radius 2 is 2.27 bits per heavy atom. The number of rotatable bonds is 7. The molecule has 0 unspecified atom stereocenters. The zero-order valence-electron chi connectivity index (χ0n) is 9.77. The van der Waals surface area contributed by atoms with Crippen LogP contribution in [0.15, 0.2) is 11.9 Å². The molecule has 5 heteroatoms. The van der Waals surface area contributed by atoms with Gasteiger partial charge in [-0.2, -0.15) is 5.53 Å². The second-order valence-electron chi connectivity index (χ2n) is 3.63. The first-order chi connectivity index (χ1) is 7.38. The molecule has 0 saturated heterocycles. The third-order valence-corrected chi connectivity index (χ3v) is 2.25. The summed E-state index contributed by atoms with van der Waals surface area (Å²) in [6.07, 6.45) is 5.69. The molecule has 0 bridgehead atoms. The molecule has 1 heterocycles. The molecule has 15 heavy (non-hydrogen) atoms. The molecule has 0 aromatic rings. The molecule has 5 nitrogen and oxygen atoms in total. The first kappa shape index (κ1) is 12.3. The lowest BCUT2D eigenvalue weighted by atomic mass is 10.3. The highest BCUT2D eigenvalue weighted by Gasteiger charge is 2.09. The van der Waals surface area contributed by atoms with Gasteiger partial charge in [0.2, 0.25) is 0 Å². The summed E-state index contributed by atoms with van der Waals surface area (Å²) < 4.78 is 0. The Balaban J connectivity index is 2.37. The Morgan fingerprint density at radius 1 is 1.40 bits per heavy atom. The first-order valence-electron chi connectivity index (χ1n) is 5.83. The van der Waals surface area contributed by atoms with Crippen LogP contribution in [0.2, 0.25) is 0 Å². The van der Waals surface area contributed by atoms with Crippen molar-refractivity contribution >= 4 is 0 Å². The van der Waals surface area contributed by atoms with E-state index in [-0.39, 0.29) is 0 Å². The maximum absolute atomic E-state index is 3.43. The van der Waals surface area contributed by atoms with Gasteiger partial charge in [-0.1, -0.05) is 20.3 Å². The summed E-state index contributed by atoms with van der Waals surface area (Å²) in [6, 6.07) is 0. The number of hydrazine groups is 3. The van der Waals surface area contributed by atoms with Crippen LogP contribution in [-0.2, 0) is 0 Å². The van der Waals surface area contributed by atoms with E-state index in [4.69, 9.17) is 0 Å². The summed E-state index contributed by atoms with van der Waals surface area (Å²) >= 11 is 0. The predicted molar refractivity (Wildman–Crippen MR) is 62.3 cm³/mol. The van der Waals surface area contributed by atoms with Crippen molar-refractivity contribution in [3.8, 4) is 0 Å². The van der Waals surface area contributed by atoms with Gasteiger partial charge in [0, 0.05) is 19.6 Å². The molecule has 88 valence electrons. The van der Waals surface area contributed by atoms with Crippen LogP contribution < -0.4 is 21.8 Å². The molecule has 0 aliphatic carbocycles. The fourth-order valence-electron chi connectivity index (χ4n) is 1.43. The van der Waals surface area contributed by atoms with Crippen molar-refractivity contribution in [2.24, 2.45) is 0 Å². The molecule has 4 N–H and O–H groups in total. The highest BCUT2D eigenvalue weighted by Crippen LogP contribution is 1.99. The molecule has 1 rings (SSSR count). The Hall–Kier alpha value is -0.780. The van der Waals surface area contributed by atoms with Crippen LogP contribution in [0.3, 0.4) is 0 Å². The van der Waals surface area contributed by atoms with Gasteiger partial charge in [-0.3, -0.25) is 10.4 Å². The van der Waals surface area contributed by atoms with Crippen molar-refractivity contribution in [3.05, 3.63) is 11.9 Å².